The maximum Gasteiger partial charge on any atom is 0.255 e. The summed E-state index contributed by atoms with van der Waals surface area (Å²) in [6.07, 6.45) is 3.41. The van der Waals surface area contributed by atoms with Crippen LogP contribution in [0.4, 0.5) is 0 Å². The summed E-state index contributed by atoms with van der Waals surface area (Å²) in [5, 5.41) is 8.52. The number of carbonyl (C=O) groups is 1. The standard InChI is InChI=1S/C16H22N4OS/c1-9-14(10(2)20(4)19-9)16(21)17-8-12-6-5-7-13-15(12)18-11(3)22-13/h12H,5-8H2,1-4H3,(H,17,21)/t12-/m0/s1. The highest BCUT2D eigenvalue weighted by Gasteiger charge is 2.25. The molecule has 1 aliphatic carbocycles. The molecule has 22 heavy (non-hydrogen) atoms. The summed E-state index contributed by atoms with van der Waals surface area (Å²) in [5.41, 5.74) is 3.59. The van der Waals surface area contributed by atoms with E-state index in [4.69, 9.17) is 0 Å². The number of hydrogen-bond acceptors (Lipinski definition) is 4. The average Bonchev–Trinajstić information content (AvgIpc) is 2.96. The van der Waals surface area contributed by atoms with E-state index in [0.717, 1.165) is 29.2 Å². The summed E-state index contributed by atoms with van der Waals surface area (Å²) < 4.78 is 1.76. The maximum atomic E-state index is 12.5. The Hall–Kier alpha value is -1.69. The lowest BCUT2D eigenvalue weighted by Crippen LogP contribution is -2.30. The van der Waals surface area contributed by atoms with Crippen molar-refractivity contribution in [3.8, 4) is 0 Å². The number of hydrogen-bond donors (Lipinski definition) is 1. The Morgan fingerprint density at radius 1 is 1.41 bits per heavy atom. The SMILES string of the molecule is Cc1nc2c(s1)CCC[C@H]2CNC(=O)c1c(C)nn(C)c1C. The smallest absolute Gasteiger partial charge is 0.255 e. The molecule has 0 saturated carbocycles. The molecule has 0 radical (unpaired) electrons. The Kier molecular flexibility index (Phi) is 4.04. The lowest BCUT2D eigenvalue weighted by atomic mass is 9.91. The van der Waals surface area contributed by atoms with E-state index in [-0.39, 0.29) is 5.91 Å². The molecule has 0 saturated heterocycles. The molecule has 2 heterocycles. The molecule has 0 fully saturated rings. The summed E-state index contributed by atoms with van der Waals surface area (Å²) in [6, 6.07) is 0. The van der Waals surface area contributed by atoms with Gasteiger partial charge in [0.25, 0.3) is 5.91 Å². The zero-order valence-corrected chi connectivity index (χ0v) is 14.4. The molecule has 0 spiro atoms. The van der Waals surface area contributed by atoms with E-state index in [1.807, 2.05) is 20.9 Å². The summed E-state index contributed by atoms with van der Waals surface area (Å²) in [7, 11) is 1.87. The van der Waals surface area contributed by atoms with Gasteiger partial charge in [-0.1, -0.05) is 0 Å². The first-order valence-corrected chi connectivity index (χ1v) is 8.53. The Morgan fingerprint density at radius 3 is 2.86 bits per heavy atom. The molecular formula is C16H22N4OS. The van der Waals surface area contributed by atoms with Crippen LogP contribution < -0.4 is 5.32 Å². The molecule has 5 nitrogen and oxygen atoms in total. The van der Waals surface area contributed by atoms with Crippen LogP contribution in [0.2, 0.25) is 0 Å². The highest BCUT2D eigenvalue weighted by atomic mass is 32.1. The Labute approximate surface area is 134 Å². The monoisotopic (exact) mass is 318 g/mol. The van der Waals surface area contributed by atoms with Gasteiger partial charge in [0.05, 0.1) is 22.0 Å². The fourth-order valence-electron chi connectivity index (χ4n) is 3.23. The van der Waals surface area contributed by atoms with Gasteiger partial charge in [0.2, 0.25) is 0 Å². The fraction of sp³-hybridized carbons (Fsp3) is 0.562. The van der Waals surface area contributed by atoms with Gasteiger partial charge in [-0.15, -0.1) is 11.3 Å². The maximum absolute atomic E-state index is 12.5. The normalized spacial score (nSPS) is 17.4. The molecule has 2 aromatic rings. The van der Waals surface area contributed by atoms with Crippen molar-refractivity contribution in [1.29, 1.82) is 0 Å². The molecule has 1 atom stereocenters. The zero-order chi connectivity index (χ0) is 15.9. The molecule has 1 amide bonds. The van der Waals surface area contributed by atoms with Crippen molar-refractivity contribution in [3.63, 3.8) is 0 Å². The van der Waals surface area contributed by atoms with E-state index in [1.54, 1.807) is 16.0 Å². The summed E-state index contributed by atoms with van der Waals surface area (Å²) in [6.45, 7) is 6.52. The molecule has 0 unspecified atom stereocenters. The summed E-state index contributed by atoms with van der Waals surface area (Å²) in [5.74, 6) is 0.317. The first-order chi connectivity index (χ1) is 10.5. The minimum atomic E-state index is -0.0258. The number of thiazole rings is 1. The van der Waals surface area contributed by atoms with Crippen LogP contribution in [0, 0.1) is 20.8 Å². The van der Waals surface area contributed by atoms with Crippen molar-refractivity contribution in [3.05, 3.63) is 32.5 Å². The van der Waals surface area contributed by atoms with Crippen LogP contribution in [0.15, 0.2) is 0 Å². The molecule has 0 bridgehead atoms. The first-order valence-electron chi connectivity index (χ1n) is 7.72. The highest BCUT2D eigenvalue weighted by Crippen LogP contribution is 2.34. The van der Waals surface area contributed by atoms with Crippen LogP contribution in [0.5, 0.6) is 0 Å². The Morgan fingerprint density at radius 2 is 2.18 bits per heavy atom. The largest absolute Gasteiger partial charge is 0.351 e. The predicted octanol–water partition coefficient (Wildman–Crippen LogP) is 2.65. The van der Waals surface area contributed by atoms with E-state index in [9.17, 15) is 4.79 Å². The van der Waals surface area contributed by atoms with Crippen molar-refractivity contribution in [2.75, 3.05) is 6.54 Å². The highest BCUT2D eigenvalue weighted by molar-refractivity contribution is 7.11. The molecule has 2 aromatic heterocycles. The van der Waals surface area contributed by atoms with Crippen molar-refractivity contribution < 1.29 is 4.79 Å². The minimum Gasteiger partial charge on any atom is -0.351 e. The second kappa shape index (κ2) is 5.83. The van der Waals surface area contributed by atoms with Gasteiger partial charge in [0, 0.05) is 30.1 Å². The number of carbonyl (C=O) groups excluding carboxylic acids is 1. The van der Waals surface area contributed by atoms with Gasteiger partial charge < -0.3 is 5.32 Å². The molecule has 0 aliphatic heterocycles. The number of fused-ring (bicyclic) bond motifs is 1. The second-order valence-electron chi connectivity index (χ2n) is 6.01. The van der Waals surface area contributed by atoms with Crippen LogP contribution in [0.3, 0.4) is 0 Å². The number of nitrogens with one attached hydrogen (secondary N) is 1. The van der Waals surface area contributed by atoms with E-state index >= 15 is 0 Å². The van der Waals surface area contributed by atoms with Gasteiger partial charge in [0.1, 0.15) is 0 Å². The first kappa shape index (κ1) is 15.2. The summed E-state index contributed by atoms with van der Waals surface area (Å²) in [4.78, 5) is 18.6. The van der Waals surface area contributed by atoms with E-state index in [2.05, 4.69) is 22.3 Å². The van der Waals surface area contributed by atoms with Crippen molar-refractivity contribution in [2.45, 2.75) is 46.0 Å². The third-order valence-corrected chi connectivity index (χ3v) is 5.47. The van der Waals surface area contributed by atoms with E-state index < -0.39 is 0 Å². The number of aryl methyl sites for hydroxylation is 4. The van der Waals surface area contributed by atoms with Crippen LogP contribution in [0.25, 0.3) is 0 Å². The van der Waals surface area contributed by atoms with Crippen LogP contribution in [0.1, 0.15) is 56.1 Å². The molecule has 0 aromatic carbocycles. The summed E-state index contributed by atoms with van der Waals surface area (Å²) >= 11 is 1.80. The third-order valence-electron chi connectivity index (χ3n) is 4.42. The Bertz CT molecular complexity index is 716. The van der Waals surface area contributed by atoms with Crippen LogP contribution >= 0.6 is 11.3 Å². The van der Waals surface area contributed by atoms with Gasteiger partial charge in [-0.05, 0) is 40.0 Å². The molecule has 6 heteroatoms. The van der Waals surface area contributed by atoms with E-state index in [1.165, 1.54) is 17.0 Å². The quantitative estimate of drug-likeness (QED) is 0.946. The number of nitrogens with zero attached hydrogens (tertiary/aromatic N) is 3. The molecule has 118 valence electrons. The molecule has 1 aliphatic rings. The average molecular weight is 318 g/mol. The van der Waals surface area contributed by atoms with Crippen LogP contribution in [-0.2, 0) is 13.5 Å². The number of rotatable bonds is 3. The van der Waals surface area contributed by atoms with Crippen molar-refractivity contribution in [1.82, 2.24) is 20.1 Å². The van der Waals surface area contributed by atoms with Crippen molar-refractivity contribution >= 4 is 17.2 Å². The third kappa shape index (κ3) is 2.67. The number of aromatic nitrogens is 3. The van der Waals surface area contributed by atoms with Crippen molar-refractivity contribution in [2.24, 2.45) is 7.05 Å². The van der Waals surface area contributed by atoms with Gasteiger partial charge in [-0.3, -0.25) is 9.48 Å². The van der Waals surface area contributed by atoms with Gasteiger partial charge in [-0.2, -0.15) is 5.10 Å². The second-order valence-corrected chi connectivity index (χ2v) is 7.30. The zero-order valence-electron chi connectivity index (χ0n) is 13.6. The predicted molar refractivity (Wildman–Crippen MR) is 87.5 cm³/mol. The van der Waals surface area contributed by atoms with Crippen LogP contribution in [-0.4, -0.2) is 27.2 Å². The Balaban J connectivity index is 1.72. The lowest BCUT2D eigenvalue weighted by molar-refractivity contribution is 0.0949. The van der Waals surface area contributed by atoms with Gasteiger partial charge in [0.15, 0.2) is 0 Å². The molecule has 1 N–H and O–H groups in total. The van der Waals surface area contributed by atoms with E-state index in [0.29, 0.717) is 18.0 Å². The number of amides is 1. The fourth-order valence-corrected chi connectivity index (χ4v) is 4.30. The molecule has 3 rings (SSSR count). The lowest BCUT2D eigenvalue weighted by Gasteiger charge is -2.21. The molecular weight excluding hydrogens is 296 g/mol. The minimum absolute atomic E-state index is 0.0258. The van der Waals surface area contributed by atoms with Gasteiger partial charge >= 0.3 is 0 Å². The van der Waals surface area contributed by atoms with Gasteiger partial charge in [-0.25, -0.2) is 4.98 Å². The topological polar surface area (TPSA) is 59.8 Å².